The topological polar surface area (TPSA) is 3.24 Å². The second kappa shape index (κ2) is 4.52. The van der Waals surface area contributed by atoms with Gasteiger partial charge < -0.3 is 0 Å². The Morgan fingerprint density at radius 2 is 1.14 bits per heavy atom. The lowest BCUT2D eigenvalue weighted by Crippen LogP contribution is -2.53. The van der Waals surface area contributed by atoms with E-state index < -0.39 is 27.5 Å². The summed E-state index contributed by atoms with van der Waals surface area (Å²) in [7, 11) is 0. The van der Waals surface area contributed by atoms with Crippen molar-refractivity contribution < 1.29 is 30.7 Å². The van der Waals surface area contributed by atoms with E-state index in [9.17, 15) is 30.7 Å². The van der Waals surface area contributed by atoms with Crippen molar-refractivity contribution in [2.24, 2.45) is 0 Å². The summed E-state index contributed by atoms with van der Waals surface area (Å²) >= 11 is 3.91. The molecule has 0 aliphatic rings. The predicted molar refractivity (Wildman–Crippen MR) is 40.5 cm³/mol. The third-order valence-electron chi connectivity index (χ3n) is 1.00. The third kappa shape index (κ3) is 3.89. The summed E-state index contributed by atoms with van der Waals surface area (Å²) in [4.78, 5) is -4.46. The second-order valence-electron chi connectivity index (χ2n) is 2.01. The number of halogens is 9. The van der Waals surface area contributed by atoms with Crippen molar-refractivity contribution in [1.82, 2.24) is 4.90 Å². The SMILES string of the molecule is F[C@@H](Br)[C@H](Br)N(C(F)(F)F)C(F)(F)F. The Labute approximate surface area is 90.5 Å². The highest BCUT2D eigenvalue weighted by Gasteiger charge is 2.58. The van der Waals surface area contributed by atoms with Crippen LogP contribution in [0.15, 0.2) is 0 Å². The molecule has 0 heterocycles. The minimum Gasteiger partial charge on any atom is -0.232 e. The summed E-state index contributed by atoms with van der Waals surface area (Å²) in [5.41, 5.74) is 0. The van der Waals surface area contributed by atoms with Crippen molar-refractivity contribution >= 4 is 31.9 Å². The molecule has 10 heteroatoms. The molecule has 2 atom stereocenters. The van der Waals surface area contributed by atoms with Crippen molar-refractivity contribution in [3.8, 4) is 0 Å². The van der Waals surface area contributed by atoms with E-state index in [4.69, 9.17) is 0 Å². The van der Waals surface area contributed by atoms with Gasteiger partial charge in [-0.3, -0.25) is 0 Å². The fourth-order valence-electron chi connectivity index (χ4n) is 0.536. The molecule has 0 aromatic heterocycles. The molecule has 0 aromatic rings. The van der Waals surface area contributed by atoms with Crippen LogP contribution in [0.4, 0.5) is 30.7 Å². The first-order chi connectivity index (χ1) is 5.98. The Morgan fingerprint density at radius 1 is 0.857 bits per heavy atom. The number of hydrogen-bond acceptors (Lipinski definition) is 1. The summed E-state index contributed by atoms with van der Waals surface area (Å²) in [6.45, 7) is 0. The van der Waals surface area contributed by atoms with Gasteiger partial charge in [-0.15, -0.1) is 4.90 Å². The van der Waals surface area contributed by atoms with Crippen LogP contribution >= 0.6 is 31.9 Å². The zero-order valence-corrected chi connectivity index (χ0v) is 9.18. The summed E-state index contributed by atoms with van der Waals surface area (Å²) < 4.78 is 83.1. The molecule has 14 heavy (non-hydrogen) atoms. The first-order valence-corrected chi connectivity index (χ1v) is 4.66. The highest BCUT2D eigenvalue weighted by Crippen LogP contribution is 2.39. The fourth-order valence-corrected chi connectivity index (χ4v) is 1.24. The van der Waals surface area contributed by atoms with E-state index in [2.05, 4.69) is 0 Å². The molecule has 0 aliphatic carbocycles. The molecular weight excluding hydrogens is 355 g/mol. The van der Waals surface area contributed by atoms with Gasteiger partial charge in [-0.25, -0.2) is 4.39 Å². The van der Waals surface area contributed by atoms with Crippen LogP contribution in [-0.2, 0) is 0 Å². The third-order valence-corrected chi connectivity index (χ3v) is 3.08. The lowest BCUT2D eigenvalue weighted by atomic mass is 10.6. The summed E-state index contributed by atoms with van der Waals surface area (Å²) in [5.74, 6) is 0. The standard InChI is InChI=1S/C4H2Br2F7N/c5-1(7)2(6)14(3(8,9)10)4(11,12)13/h1-2H/t1-,2-/m1/s1. The van der Waals surface area contributed by atoms with Gasteiger partial charge in [-0.1, -0.05) is 15.9 Å². The first-order valence-electron chi connectivity index (χ1n) is 2.83. The maximum absolute atomic E-state index is 12.2. The average Bonchev–Trinajstić information content (AvgIpc) is 1.79. The number of hydrogen-bond donors (Lipinski definition) is 0. The highest BCUT2D eigenvalue weighted by atomic mass is 79.9. The highest BCUT2D eigenvalue weighted by molar-refractivity contribution is 9.12. The van der Waals surface area contributed by atoms with Crippen molar-refractivity contribution in [3.05, 3.63) is 0 Å². The molecule has 0 aromatic carbocycles. The summed E-state index contributed by atoms with van der Waals surface area (Å²) in [6, 6.07) is 0. The number of alkyl halides is 9. The zero-order chi connectivity index (χ0) is 11.7. The molecule has 0 rings (SSSR count). The Bertz CT molecular complexity index is 173. The van der Waals surface area contributed by atoms with Crippen LogP contribution in [0.1, 0.15) is 0 Å². The van der Waals surface area contributed by atoms with Crippen LogP contribution in [0, 0.1) is 0 Å². The molecule has 0 bridgehead atoms. The van der Waals surface area contributed by atoms with Crippen LogP contribution in [0.2, 0.25) is 0 Å². The lowest BCUT2D eigenvalue weighted by Gasteiger charge is -2.30. The van der Waals surface area contributed by atoms with E-state index in [-0.39, 0.29) is 0 Å². The average molecular weight is 357 g/mol. The van der Waals surface area contributed by atoms with E-state index in [1.165, 1.54) is 0 Å². The Morgan fingerprint density at radius 3 is 1.21 bits per heavy atom. The monoisotopic (exact) mass is 355 g/mol. The number of rotatable bonds is 2. The summed E-state index contributed by atoms with van der Waals surface area (Å²) in [6.07, 6.45) is -11.4. The van der Waals surface area contributed by atoms with Crippen LogP contribution in [0.5, 0.6) is 0 Å². The van der Waals surface area contributed by atoms with Crippen molar-refractivity contribution in [2.75, 3.05) is 0 Å². The molecule has 0 amide bonds. The van der Waals surface area contributed by atoms with E-state index >= 15 is 0 Å². The molecular formula is C4H2Br2F7N. The van der Waals surface area contributed by atoms with Crippen molar-refractivity contribution in [2.45, 2.75) is 22.6 Å². The van der Waals surface area contributed by atoms with Crippen molar-refractivity contribution in [3.63, 3.8) is 0 Å². The van der Waals surface area contributed by atoms with Gasteiger partial charge in [-0.05, 0) is 15.9 Å². The van der Waals surface area contributed by atoms with E-state index in [0.29, 0.717) is 0 Å². The summed E-state index contributed by atoms with van der Waals surface area (Å²) in [5, 5.41) is -2.51. The molecule has 0 fully saturated rings. The lowest BCUT2D eigenvalue weighted by molar-refractivity contribution is -0.377. The number of nitrogens with zero attached hydrogens (tertiary/aromatic N) is 1. The molecule has 1 nitrogen and oxygen atoms in total. The van der Waals surface area contributed by atoms with Gasteiger partial charge in [0.25, 0.3) is 0 Å². The van der Waals surface area contributed by atoms with E-state index in [1.807, 2.05) is 31.9 Å². The molecule has 0 unspecified atom stereocenters. The molecule has 0 saturated carbocycles. The van der Waals surface area contributed by atoms with Gasteiger partial charge in [0.15, 0.2) is 5.08 Å². The minimum absolute atomic E-state index is 1.89. The molecule has 0 radical (unpaired) electrons. The normalized spacial score (nSPS) is 18.4. The molecule has 0 N–H and O–H groups in total. The zero-order valence-electron chi connectivity index (χ0n) is 6.00. The van der Waals surface area contributed by atoms with Crippen molar-refractivity contribution in [1.29, 1.82) is 0 Å². The molecule has 0 aliphatic heterocycles. The van der Waals surface area contributed by atoms with Crippen LogP contribution in [0.3, 0.4) is 0 Å². The maximum Gasteiger partial charge on any atom is 0.468 e. The van der Waals surface area contributed by atoms with E-state index in [0.717, 1.165) is 0 Å². The van der Waals surface area contributed by atoms with Gasteiger partial charge in [0, 0.05) is 0 Å². The van der Waals surface area contributed by atoms with Crippen LogP contribution in [0.25, 0.3) is 0 Å². The van der Waals surface area contributed by atoms with Crippen LogP contribution in [-0.4, -0.2) is 27.5 Å². The maximum atomic E-state index is 12.2. The Hall–Kier alpha value is 0.430. The van der Waals surface area contributed by atoms with Crippen LogP contribution < -0.4 is 0 Å². The van der Waals surface area contributed by atoms with Gasteiger partial charge in [0.1, 0.15) is 4.95 Å². The minimum atomic E-state index is -5.70. The predicted octanol–water partition coefficient (Wildman–Crippen LogP) is 3.74. The quantitative estimate of drug-likeness (QED) is 0.414. The molecule has 0 spiro atoms. The smallest absolute Gasteiger partial charge is 0.232 e. The second-order valence-corrected chi connectivity index (χ2v) is 3.83. The Balaban J connectivity index is 4.94. The van der Waals surface area contributed by atoms with E-state index in [1.54, 1.807) is 0 Å². The van der Waals surface area contributed by atoms with Gasteiger partial charge in [0.05, 0.1) is 0 Å². The van der Waals surface area contributed by atoms with Gasteiger partial charge >= 0.3 is 12.6 Å². The Kier molecular flexibility index (Phi) is 4.66. The molecule has 0 saturated heterocycles. The van der Waals surface area contributed by atoms with Gasteiger partial charge in [-0.2, -0.15) is 26.3 Å². The fraction of sp³-hybridized carbons (Fsp3) is 1.00. The first kappa shape index (κ1) is 14.4. The van der Waals surface area contributed by atoms with Gasteiger partial charge in [0.2, 0.25) is 0 Å². The molecule has 86 valence electrons. The largest absolute Gasteiger partial charge is 0.468 e.